The van der Waals surface area contributed by atoms with Gasteiger partial charge in [-0.25, -0.2) is 0 Å². The van der Waals surface area contributed by atoms with Crippen LogP contribution in [-0.2, 0) is 59.2 Å². The van der Waals surface area contributed by atoms with Crippen LogP contribution in [0.2, 0.25) is 0 Å². The third-order valence-electron chi connectivity index (χ3n) is 0. The SMILES string of the molecule is [Ag+].[O-2].[O-2].[Sc+3]. The molecule has 0 aromatic rings. The number of rotatable bonds is 0. The molecular formula is AgO2Sc. The quantitative estimate of drug-likeness (QED) is 0.467. The minimum atomic E-state index is 0. The summed E-state index contributed by atoms with van der Waals surface area (Å²) in [5.41, 5.74) is 0. The Bertz CT molecular complexity index is 6.00. The van der Waals surface area contributed by atoms with Crippen LogP contribution < -0.4 is 0 Å². The van der Waals surface area contributed by atoms with Gasteiger partial charge in [-0.3, -0.25) is 0 Å². The van der Waals surface area contributed by atoms with Crippen molar-refractivity contribution in [1.29, 1.82) is 0 Å². The van der Waals surface area contributed by atoms with Gasteiger partial charge in [0.2, 0.25) is 0 Å². The fourth-order valence-corrected chi connectivity index (χ4v) is 0. The summed E-state index contributed by atoms with van der Waals surface area (Å²) in [6.07, 6.45) is 0. The molecular weight excluding hydrogens is 185 g/mol. The minimum Gasteiger partial charge on any atom is -2.00 e. The van der Waals surface area contributed by atoms with Gasteiger partial charge in [0.05, 0.1) is 0 Å². The monoisotopic (exact) mass is 184 g/mol. The summed E-state index contributed by atoms with van der Waals surface area (Å²) < 4.78 is 0. The second-order valence-corrected chi connectivity index (χ2v) is 0. The molecule has 0 aromatic heterocycles. The topological polar surface area (TPSA) is 57.0 Å². The van der Waals surface area contributed by atoms with E-state index in [1.165, 1.54) is 0 Å². The Morgan fingerprint density at radius 1 is 0.750 bits per heavy atom. The average Bonchev–Trinajstić information content (AvgIpc) is 0. The molecule has 0 amide bonds. The first-order chi connectivity index (χ1) is 0. The summed E-state index contributed by atoms with van der Waals surface area (Å²) in [7, 11) is 0. The van der Waals surface area contributed by atoms with Gasteiger partial charge in [0.25, 0.3) is 0 Å². The second-order valence-electron chi connectivity index (χ2n) is 0. The molecule has 0 saturated carbocycles. The minimum absolute atomic E-state index is 0. The van der Waals surface area contributed by atoms with Crippen molar-refractivity contribution in [2.45, 2.75) is 0 Å². The summed E-state index contributed by atoms with van der Waals surface area (Å²) in [6.45, 7) is 0. The van der Waals surface area contributed by atoms with Gasteiger partial charge in [-0.2, -0.15) is 0 Å². The smallest absolute Gasteiger partial charge is 2.00 e. The Morgan fingerprint density at radius 3 is 0.750 bits per heavy atom. The average molecular weight is 185 g/mol. The third kappa shape index (κ3) is 9.65. The molecule has 0 aliphatic heterocycles. The molecule has 0 unspecified atom stereocenters. The van der Waals surface area contributed by atoms with E-state index in [0.717, 1.165) is 0 Å². The van der Waals surface area contributed by atoms with Gasteiger partial charge in [0.1, 0.15) is 0 Å². The Labute approximate surface area is 58.9 Å². The van der Waals surface area contributed by atoms with Gasteiger partial charge >= 0.3 is 48.2 Å². The van der Waals surface area contributed by atoms with E-state index in [1.54, 1.807) is 0 Å². The maximum atomic E-state index is 0. The molecule has 0 heterocycles. The molecule has 0 atom stereocenters. The van der Waals surface area contributed by atoms with Gasteiger partial charge in [-0.1, -0.05) is 0 Å². The van der Waals surface area contributed by atoms with Crippen molar-refractivity contribution in [2.24, 2.45) is 0 Å². The summed E-state index contributed by atoms with van der Waals surface area (Å²) in [5, 5.41) is 0. The van der Waals surface area contributed by atoms with Gasteiger partial charge in [0.15, 0.2) is 0 Å². The maximum Gasteiger partial charge on any atom is 3.00 e. The predicted octanol–water partition coefficient (Wildman–Crippen LogP) is -0.243. The Kier molecular flexibility index (Phi) is 292. The fourth-order valence-electron chi connectivity index (χ4n) is 0. The largest absolute Gasteiger partial charge is 3.00 e. The molecule has 0 fully saturated rings. The molecule has 0 radical (unpaired) electrons. The van der Waals surface area contributed by atoms with Crippen LogP contribution in [0.25, 0.3) is 0 Å². The van der Waals surface area contributed by atoms with E-state index in [-0.39, 0.29) is 59.2 Å². The van der Waals surface area contributed by atoms with E-state index >= 15 is 0 Å². The second kappa shape index (κ2) is 24.1. The van der Waals surface area contributed by atoms with E-state index in [0.29, 0.717) is 0 Å². The van der Waals surface area contributed by atoms with E-state index in [1.807, 2.05) is 0 Å². The van der Waals surface area contributed by atoms with Crippen LogP contribution >= 0.6 is 0 Å². The van der Waals surface area contributed by atoms with Crippen LogP contribution in [0, 0.1) is 0 Å². The van der Waals surface area contributed by atoms with Crippen molar-refractivity contribution < 1.29 is 59.2 Å². The van der Waals surface area contributed by atoms with Crippen LogP contribution in [0.5, 0.6) is 0 Å². The molecule has 0 bridgehead atoms. The van der Waals surface area contributed by atoms with Crippen LogP contribution in [0.15, 0.2) is 0 Å². The number of hydrogen-bond acceptors (Lipinski definition) is 0. The Morgan fingerprint density at radius 2 is 0.750 bits per heavy atom. The van der Waals surface area contributed by atoms with E-state index < -0.39 is 0 Å². The molecule has 26 valence electrons. The van der Waals surface area contributed by atoms with Gasteiger partial charge in [-0.05, 0) is 0 Å². The maximum absolute atomic E-state index is 0. The molecule has 0 saturated heterocycles. The molecule has 0 rings (SSSR count). The standard InChI is InChI=1S/Ag.2O.Sc/q+1;2*-2;+3. The molecule has 0 aliphatic carbocycles. The summed E-state index contributed by atoms with van der Waals surface area (Å²) >= 11 is 0. The predicted molar refractivity (Wildman–Crippen MR) is 1.37 cm³/mol. The molecule has 0 spiro atoms. The van der Waals surface area contributed by atoms with Crippen LogP contribution in [-0.4, -0.2) is 0 Å². The van der Waals surface area contributed by atoms with E-state index in [2.05, 4.69) is 0 Å². The van der Waals surface area contributed by atoms with E-state index in [9.17, 15) is 0 Å². The first-order valence-corrected chi connectivity index (χ1v) is 0. The van der Waals surface area contributed by atoms with Gasteiger partial charge < -0.3 is 11.0 Å². The zero-order valence-electron chi connectivity index (χ0n) is 1.70. The summed E-state index contributed by atoms with van der Waals surface area (Å²) in [6, 6.07) is 0. The van der Waals surface area contributed by atoms with Crippen molar-refractivity contribution in [3.05, 3.63) is 0 Å². The molecule has 0 N–H and O–H groups in total. The zero-order valence-corrected chi connectivity index (χ0v) is 4.98. The molecule has 4 heavy (non-hydrogen) atoms. The third-order valence-corrected chi connectivity index (χ3v) is 0. The van der Waals surface area contributed by atoms with E-state index in [4.69, 9.17) is 0 Å². The first kappa shape index (κ1) is 48.5. The van der Waals surface area contributed by atoms with Crippen LogP contribution in [0.1, 0.15) is 0 Å². The zero-order chi connectivity index (χ0) is 0. The Balaban J connectivity index is 0. The number of hydrogen-bond donors (Lipinski definition) is 0. The molecule has 0 aromatic carbocycles. The van der Waals surface area contributed by atoms with Crippen molar-refractivity contribution in [1.82, 2.24) is 0 Å². The van der Waals surface area contributed by atoms with Crippen LogP contribution in [0.3, 0.4) is 0 Å². The van der Waals surface area contributed by atoms with Crippen molar-refractivity contribution >= 4 is 0 Å². The molecule has 0 aliphatic rings. The molecule has 2 nitrogen and oxygen atoms in total. The normalized spacial score (nSPS) is 0. The van der Waals surface area contributed by atoms with Crippen molar-refractivity contribution in [3.8, 4) is 0 Å². The first-order valence-electron chi connectivity index (χ1n) is 0. The summed E-state index contributed by atoms with van der Waals surface area (Å²) in [5.74, 6) is 0. The van der Waals surface area contributed by atoms with Crippen molar-refractivity contribution in [3.63, 3.8) is 0 Å². The van der Waals surface area contributed by atoms with Gasteiger partial charge in [0, 0.05) is 0 Å². The molecule has 4 heteroatoms. The van der Waals surface area contributed by atoms with Crippen molar-refractivity contribution in [2.75, 3.05) is 0 Å². The van der Waals surface area contributed by atoms with Crippen LogP contribution in [0.4, 0.5) is 0 Å². The Hall–Kier alpha value is 1.53. The van der Waals surface area contributed by atoms with Gasteiger partial charge in [-0.15, -0.1) is 0 Å². The fraction of sp³-hybridized carbons (Fsp3) is 0. The summed E-state index contributed by atoms with van der Waals surface area (Å²) in [4.78, 5) is 0.